The predicted octanol–water partition coefficient (Wildman–Crippen LogP) is 9.49. The third-order valence-electron chi connectivity index (χ3n) is 9.42. The van der Waals surface area contributed by atoms with Crippen molar-refractivity contribution in [3.8, 4) is 22.9 Å². The lowest BCUT2D eigenvalue weighted by Gasteiger charge is -2.41. The van der Waals surface area contributed by atoms with Gasteiger partial charge in [0.25, 0.3) is 0 Å². The first-order valence-electron chi connectivity index (χ1n) is 14.8. The van der Waals surface area contributed by atoms with Gasteiger partial charge >= 0.3 is 0 Å². The number of rotatable bonds is 3. The first-order chi connectivity index (χ1) is 20.6. The van der Waals surface area contributed by atoms with Gasteiger partial charge in [-0.2, -0.15) is 5.26 Å². The maximum atomic E-state index is 10.7. The van der Waals surface area contributed by atoms with E-state index in [0.717, 1.165) is 28.9 Å². The molecule has 3 unspecified atom stereocenters. The van der Waals surface area contributed by atoms with Crippen molar-refractivity contribution >= 4 is 27.5 Å². The highest BCUT2D eigenvalue weighted by molar-refractivity contribution is 6.09. The molecular formula is C39H31N3. The van der Waals surface area contributed by atoms with Crippen LogP contribution in [0, 0.1) is 23.2 Å². The Hall–Kier alpha value is -5.07. The molecule has 3 nitrogen and oxygen atoms in total. The number of hydrogen-bond donors (Lipinski definition) is 0. The Morgan fingerprint density at radius 2 is 1.57 bits per heavy atom. The second-order valence-corrected chi connectivity index (χ2v) is 12.0. The van der Waals surface area contributed by atoms with Crippen LogP contribution >= 0.6 is 0 Å². The number of fused-ring (bicyclic) bond motifs is 5. The van der Waals surface area contributed by atoms with Crippen LogP contribution in [0.15, 0.2) is 139 Å². The fourth-order valence-electron chi connectivity index (χ4n) is 7.54. The van der Waals surface area contributed by atoms with E-state index in [0.29, 0.717) is 17.4 Å². The minimum Gasteiger partial charge on any atom is -0.330 e. The molecule has 0 spiro atoms. The molecule has 3 heteroatoms. The first kappa shape index (κ1) is 24.7. The van der Waals surface area contributed by atoms with Gasteiger partial charge in [-0.3, -0.25) is 0 Å². The van der Waals surface area contributed by atoms with Crippen molar-refractivity contribution in [2.45, 2.75) is 25.8 Å². The summed E-state index contributed by atoms with van der Waals surface area (Å²) < 4.78 is 2.33. The van der Waals surface area contributed by atoms with Crippen LogP contribution in [-0.4, -0.2) is 10.1 Å². The number of allylic oxidation sites excluding steroid dienone is 4. The Morgan fingerprint density at radius 1 is 0.833 bits per heavy atom. The average Bonchev–Trinajstić information content (AvgIpc) is 3.49. The lowest BCUT2D eigenvalue weighted by Crippen LogP contribution is -2.45. The Labute approximate surface area is 246 Å². The van der Waals surface area contributed by atoms with Gasteiger partial charge < -0.3 is 9.47 Å². The molecule has 202 valence electrons. The fraction of sp³-hybridized carbons (Fsp3) is 0.154. The normalized spacial score (nSPS) is 22.5. The summed E-state index contributed by atoms with van der Waals surface area (Å²) in [4.78, 5) is 2.42. The molecule has 2 heterocycles. The number of hydrogen-bond acceptors (Lipinski definition) is 2. The molecule has 4 aromatic carbocycles. The van der Waals surface area contributed by atoms with E-state index in [1.807, 2.05) is 0 Å². The molecule has 0 saturated heterocycles. The molecule has 0 N–H and O–H groups in total. The van der Waals surface area contributed by atoms with Crippen molar-refractivity contribution in [2.24, 2.45) is 11.8 Å². The lowest BCUT2D eigenvalue weighted by atomic mass is 9.76. The Bertz CT molecular complexity index is 2020. The van der Waals surface area contributed by atoms with Gasteiger partial charge in [0.15, 0.2) is 0 Å². The van der Waals surface area contributed by atoms with Crippen LogP contribution in [0.4, 0.5) is 5.69 Å². The van der Waals surface area contributed by atoms with E-state index in [1.54, 1.807) is 0 Å². The average molecular weight is 542 g/mol. The first-order valence-corrected chi connectivity index (χ1v) is 14.8. The topological polar surface area (TPSA) is 32.0 Å². The quantitative estimate of drug-likeness (QED) is 0.228. The number of nitrogens with zero attached hydrogens (tertiary/aromatic N) is 3. The highest BCUT2D eigenvalue weighted by Gasteiger charge is 2.49. The summed E-state index contributed by atoms with van der Waals surface area (Å²) in [6, 6.07) is 34.7. The van der Waals surface area contributed by atoms with Crippen LogP contribution in [0.2, 0.25) is 0 Å². The van der Waals surface area contributed by atoms with Gasteiger partial charge in [0.2, 0.25) is 0 Å². The second-order valence-electron chi connectivity index (χ2n) is 12.0. The Kier molecular flexibility index (Phi) is 5.43. The smallest absolute Gasteiger partial charge is 0.102 e. The summed E-state index contributed by atoms with van der Waals surface area (Å²) >= 11 is 0. The van der Waals surface area contributed by atoms with Gasteiger partial charge in [0, 0.05) is 33.6 Å². The minimum absolute atomic E-state index is 0.261. The van der Waals surface area contributed by atoms with Crippen LogP contribution in [0.1, 0.15) is 25.8 Å². The van der Waals surface area contributed by atoms with Gasteiger partial charge in [0.05, 0.1) is 27.8 Å². The number of nitriles is 1. The minimum atomic E-state index is -0.261. The number of anilines is 1. The van der Waals surface area contributed by atoms with Crippen molar-refractivity contribution in [3.05, 3.63) is 144 Å². The molecule has 0 fully saturated rings. The van der Waals surface area contributed by atoms with Gasteiger partial charge in [-0.15, -0.1) is 0 Å². The molecule has 3 atom stereocenters. The summed E-state index contributed by atoms with van der Waals surface area (Å²) in [5, 5.41) is 13.2. The van der Waals surface area contributed by atoms with Crippen LogP contribution < -0.4 is 4.90 Å². The molecule has 0 saturated carbocycles. The second kappa shape index (κ2) is 9.23. The highest BCUT2D eigenvalue weighted by atomic mass is 15.2. The molecule has 8 rings (SSSR count). The molecule has 2 aliphatic carbocycles. The zero-order valence-electron chi connectivity index (χ0n) is 23.8. The molecule has 1 aromatic heterocycles. The molecule has 0 radical (unpaired) electrons. The van der Waals surface area contributed by atoms with E-state index in [9.17, 15) is 5.26 Å². The Balaban J connectivity index is 1.31. The van der Waals surface area contributed by atoms with E-state index >= 15 is 0 Å². The Morgan fingerprint density at radius 3 is 2.33 bits per heavy atom. The van der Waals surface area contributed by atoms with E-state index in [2.05, 4.69) is 157 Å². The van der Waals surface area contributed by atoms with E-state index in [1.165, 1.54) is 33.1 Å². The van der Waals surface area contributed by atoms with Crippen molar-refractivity contribution in [1.82, 2.24) is 4.57 Å². The van der Waals surface area contributed by atoms with Gasteiger partial charge in [-0.25, -0.2) is 0 Å². The zero-order valence-corrected chi connectivity index (χ0v) is 23.8. The van der Waals surface area contributed by atoms with Crippen molar-refractivity contribution in [1.29, 1.82) is 5.26 Å². The van der Waals surface area contributed by atoms with Crippen LogP contribution in [-0.2, 0) is 0 Å². The van der Waals surface area contributed by atoms with Crippen molar-refractivity contribution in [2.75, 3.05) is 4.90 Å². The number of para-hydroxylation sites is 2. The molecule has 3 aliphatic rings. The van der Waals surface area contributed by atoms with Crippen LogP contribution in [0.25, 0.3) is 38.6 Å². The molecular weight excluding hydrogens is 510 g/mol. The van der Waals surface area contributed by atoms with E-state index in [-0.39, 0.29) is 5.54 Å². The van der Waals surface area contributed by atoms with Gasteiger partial charge in [-0.1, -0.05) is 98.0 Å². The summed E-state index contributed by atoms with van der Waals surface area (Å²) in [6.45, 7) is 4.60. The lowest BCUT2D eigenvalue weighted by molar-refractivity contribution is 0.480. The third-order valence-corrected chi connectivity index (χ3v) is 9.42. The van der Waals surface area contributed by atoms with E-state index in [4.69, 9.17) is 0 Å². The number of aromatic nitrogens is 1. The SMILES string of the molecule is CC1C=CC2=C(C1)C1C=CC=CC1(C)N2c1cccc(-c2cccc(-n3c4ccccc4c4ccccc43)c2)c1C#N. The standard InChI is InChI=1S/C39H31N3/c1-26-20-21-38-32(23-26)34-16-7-8-22-39(34,2)42(38)37-19-10-15-29(33(37)25-40)27-11-9-12-28(24-27)41-35-17-5-3-13-30(35)31-14-4-6-18-36(31)41/h3-22,24,26,34H,23H2,1-2H3. The van der Waals surface area contributed by atoms with E-state index < -0.39 is 0 Å². The van der Waals surface area contributed by atoms with Crippen molar-refractivity contribution in [3.63, 3.8) is 0 Å². The molecule has 0 amide bonds. The highest BCUT2D eigenvalue weighted by Crippen LogP contribution is 2.52. The summed E-state index contributed by atoms with van der Waals surface area (Å²) in [5.41, 5.74) is 9.55. The van der Waals surface area contributed by atoms with Gasteiger partial charge in [-0.05, 0) is 66.8 Å². The molecule has 42 heavy (non-hydrogen) atoms. The fourth-order valence-corrected chi connectivity index (χ4v) is 7.54. The number of benzene rings is 4. The summed E-state index contributed by atoms with van der Waals surface area (Å²) in [7, 11) is 0. The molecule has 1 aliphatic heterocycles. The van der Waals surface area contributed by atoms with Crippen LogP contribution in [0.3, 0.4) is 0 Å². The maximum absolute atomic E-state index is 10.7. The molecule has 0 bridgehead atoms. The third kappa shape index (κ3) is 3.45. The monoisotopic (exact) mass is 541 g/mol. The largest absolute Gasteiger partial charge is 0.330 e. The summed E-state index contributed by atoms with van der Waals surface area (Å²) in [5.74, 6) is 0.802. The van der Waals surface area contributed by atoms with Gasteiger partial charge in [0.1, 0.15) is 6.07 Å². The zero-order chi connectivity index (χ0) is 28.4. The van der Waals surface area contributed by atoms with Crippen LogP contribution in [0.5, 0.6) is 0 Å². The molecule has 5 aromatic rings. The maximum Gasteiger partial charge on any atom is 0.102 e. The van der Waals surface area contributed by atoms with Crippen molar-refractivity contribution < 1.29 is 0 Å². The summed E-state index contributed by atoms with van der Waals surface area (Å²) in [6.07, 6.45) is 14.6. The predicted molar refractivity (Wildman–Crippen MR) is 174 cm³/mol.